The zero-order valence-electron chi connectivity index (χ0n) is 18.3. The lowest BCUT2D eigenvalue weighted by Gasteiger charge is -2.30. The van der Waals surface area contributed by atoms with Crippen LogP contribution in [0.1, 0.15) is 61.4 Å². The fourth-order valence-electron chi connectivity index (χ4n) is 4.26. The van der Waals surface area contributed by atoms with Gasteiger partial charge in [0, 0.05) is 0 Å². The first-order valence-electron chi connectivity index (χ1n) is 10.7. The van der Waals surface area contributed by atoms with Crippen molar-refractivity contribution in [1.82, 2.24) is 5.32 Å². The lowest BCUT2D eigenvalue weighted by atomic mass is 9.88. The minimum absolute atomic E-state index is 0.147. The molecule has 1 amide bonds. The van der Waals surface area contributed by atoms with Crippen molar-refractivity contribution in [3.63, 3.8) is 0 Å². The highest BCUT2D eigenvalue weighted by atomic mass is 32.2. The molecule has 5 nitrogen and oxygen atoms in total. The summed E-state index contributed by atoms with van der Waals surface area (Å²) in [4.78, 5) is 13.1. The third kappa shape index (κ3) is 5.04. The number of hydrogen-bond donors (Lipinski definition) is 1. The maximum absolute atomic E-state index is 13.1. The van der Waals surface area contributed by atoms with Crippen molar-refractivity contribution in [3.05, 3.63) is 64.7 Å². The van der Waals surface area contributed by atoms with Gasteiger partial charge in [0.15, 0.2) is 0 Å². The molecular formula is C24H32N2O3S. The first-order chi connectivity index (χ1) is 14.2. The number of nitrogens with zero attached hydrogens (tertiary/aromatic N) is 1. The molecule has 1 aliphatic carbocycles. The molecule has 0 unspecified atom stereocenters. The molecule has 0 spiro atoms. The van der Waals surface area contributed by atoms with E-state index in [1.54, 1.807) is 25.1 Å². The van der Waals surface area contributed by atoms with Crippen molar-refractivity contribution in [2.75, 3.05) is 10.6 Å². The fraction of sp³-hybridized carbons (Fsp3) is 0.458. The van der Waals surface area contributed by atoms with Crippen LogP contribution in [0.3, 0.4) is 0 Å². The Hall–Kier alpha value is -2.34. The lowest BCUT2D eigenvalue weighted by Crippen LogP contribution is -2.48. The quantitative estimate of drug-likeness (QED) is 0.715. The first-order valence-corrected chi connectivity index (χ1v) is 12.5. The van der Waals surface area contributed by atoms with Crippen LogP contribution in [-0.4, -0.2) is 26.6 Å². The van der Waals surface area contributed by atoms with Gasteiger partial charge in [-0.15, -0.1) is 0 Å². The molecule has 0 aliphatic heterocycles. The monoisotopic (exact) mass is 428 g/mol. The Bertz CT molecular complexity index is 1020. The summed E-state index contributed by atoms with van der Waals surface area (Å²) in [5, 5.41) is 3.08. The number of carbonyl (C=O) groups excluding carboxylic acids is 1. The van der Waals surface area contributed by atoms with E-state index in [1.807, 2.05) is 19.9 Å². The number of hydrogen-bond acceptors (Lipinski definition) is 3. The van der Waals surface area contributed by atoms with Gasteiger partial charge in [-0.25, -0.2) is 8.42 Å². The Kier molecular flexibility index (Phi) is 6.86. The van der Waals surface area contributed by atoms with Crippen LogP contribution in [0.2, 0.25) is 0 Å². The molecule has 2 aromatic carbocycles. The summed E-state index contributed by atoms with van der Waals surface area (Å²) in [6, 6.07) is 12.7. The minimum Gasteiger partial charge on any atom is -0.347 e. The van der Waals surface area contributed by atoms with Gasteiger partial charge in [-0.05, 0) is 80.3 Å². The van der Waals surface area contributed by atoms with Crippen LogP contribution >= 0.6 is 0 Å². The molecule has 3 rings (SSSR count). The molecule has 2 atom stereocenters. The standard InChI is InChI=1S/C24H32N2O3S/c1-5-23(21-14-13-19-10-6-7-11-20(19)16-21)25-24(27)18(3)26(30(4,28)29)22-12-8-9-17(2)15-22/h8-9,12-16,18,23H,5-7,10-11H2,1-4H3,(H,25,27)/t18-,23-/m1/s1. The maximum Gasteiger partial charge on any atom is 0.244 e. The maximum atomic E-state index is 13.1. The number of sulfonamides is 1. The third-order valence-corrected chi connectivity index (χ3v) is 7.09. The van der Waals surface area contributed by atoms with E-state index in [0.29, 0.717) is 5.69 Å². The number of amides is 1. The van der Waals surface area contributed by atoms with Crippen molar-refractivity contribution in [2.24, 2.45) is 0 Å². The summed E-state index contributed by atoms with van der Waals surface area (Å²) >= 11 is 0. The zero-order valence-corrected chi connectivity index (χ0v) is 19.1. The Morgan fingerprint density at radius 1 is 1.10 bits per heavy atom. The van der Waals surface area contributed by atoms with Crippen molar-refractivity contribution in [2.45, 2.75) is 65.0 Å². The van der Waals surface area contributed by atoms with E-state index in [4.69, 9.17) is 0 Å². The van der Waals surface area contributed by atoms with Crippen molar-refractivity contribution in [3.8, 4) is 0 Å². The molecule has 1 aliphatic rings. The van der Waals surface area contributed by atoms with E-state index in [0.717, 1.165) is 36.6 Å². The topological polar surface area (TPSA) is 66.5 Å². The van der Waals surface area contributed by atoms with Gasteiger partial charge in [0.1, 0.15) is 6.04 Å². The predicted molar refractivity (Wildman–Crippen MR) is 122 cm³/mol. The number of carbonyl (C=O) groups is 1. The van der Waals surface area contributed by atoms with Crippen LogP contribution in [0.15, 0.2) is 42.5 Å². The summed E-state index contributed by atoms with van der Waals surface area (Å²) in [5.74, 6) is -0.300. The highest BCUT2D eigenvalue weighted by Gasteiger charge is 2.30. The molecule has 0 heterocycles. The normalized spacial score (nSPS) is 15.7. The molecule has 0 saturated carbocycles. The van der Waals surface area contributed by atoms with E-state index in [2.05, 4.69) is 23.5 Å². The predicted octanol–water partition coefficient (Wildman–Crippen LogP) is 4.30. The fourth-order valence-corrected chi connectivity index (χ4v) is 5.42. The van der Waals surface area contributed by atoms with Gasteiger partial charge >= 0.3 is 0 Å². The van der Waals surface area contributed by atoms with Gasteiger partial charge in [0.25, 0.3) is 0 Å². The van der Waals surface area contributed by atoms with Crippen LogP contribution < -0.4 is 9.62 Å². The van der Waals surface area contributed by atoms with Gasteiger partial charge < -0.3 is 5.32 Å². The third-order valence-electron chi connectivity index (χ3n) is 5.84. The molecule has 0 bridgehead atoms. The molecule has 2 aromatic rings. The van der Waals surface area contributed by atoms with Crippen LogP contribution in [0.5, 0.6) is 0 Å². The number of rotatable bonds is 7. The van der Waals surface area contributed by atoms with Crippen LogP contribution in [0, 0.1) is 6.92 Å². The molecule has 0 radical (unpaired) electrons. The summed E-state index contributed by atoms with van der Waals surface area (Å²) in [5.41, 5.74) is 5.30. The average Bonchev–Trinajstić information content (AvgIpc) is 2.70. The molecular weight excluding hydrogens is 396 g/mol. The summed E-state index contributed by atoms with van der Waals surface area (Å²) in [7, 11) is -3.63. The Balaban J connectivity index is 1.83. The summed E-state index contributed by atoms with van der Waals surface area (Å²) < 4.78 is 26.2. The van der Waals surface area contributed by atoms with Crippen LogP contribution in [0.4, 0.5) is 5.69 Å². The smallest absolute Gasteiger partial charge is 0.244 e. The Labute approximate surface area is 180 Å². The van der Waals surface area contributed by atoms with E-state index in [1.165, 1.54) is 28.3 Å². The molecule has 30 heavy (non-hydrogen) atoms. The molecule has 0 saturated heterocycles. The molecule has 6 heteroatoms. The Morgan fingerprint density at radius 2 is 1.80 bits per heavy atom. The number of anilines is 1. The second-order valence-electron chi connectivity index (χ2n) is 8.28. The second-order valence-corrected chi connectivity index (χ2v) is 10.1. The van der Waals surface area contributed by atoms with Gasteiger partial charge in [-0.1, -0.05) is 37.3 Å². The largest absolute Gasteiger partial charge is 0.347 e. The van der Waals surface area contributed by atoms with Crippen LogP contribution in [0.25, 0.3) is 0 Å². The minimum atomic E-state index is -3.63. The number of nitrogens with one attached hydrogen (secondary N) is 1. The van der Waals surface area contributed by atoms with E-state index in [9.17, 15) is 13.2 Å². The summed E-state index contributed by atoms with van der Waals surface area (Å²) in [6.45, 7) is 5.57. The van der Waals surface area contributed by atoms with E-state index < -0.39 is 16.1 Å². The number of benzene rings is 2. The van der Waals surface area contributed by atoms with E-state index in [-0.39, 0.29) is 11.9 Å². The van der Waals surface area contributed by atoms with Gasteiger partial charge in [-0.2, -0.15) is 0 Å². The zero-order chi connectivity index (χ0) is 21.9. The van der Waals surface area contributed by atoms with Crippen molar-refractivity contribution in [1.29, 1.82) is 0 Å². The molecule has 1 N–H and O–H groups in total. The Morgan fingerprint density at radius 3 is 2.43 bits per heavy atom. The second kappa shape index (κ2) is 9.21. The van der Waals surface area contributed by atoms with Crippen molar-refractivity contribution < 1.29 is 13.2 Å². The highest BCUT2D eigenvalue weighted by molar-refractivity contribution is 7.92. The SMILES string of the molecule is CC[C@@H](NC(=O)[C@@H](C)N(c1cccc(C)c1)S(C)(=O)=O)c1ccc2c(c1)CCCC2. The van der Waals surface area contributed by atoms with Gasteiger partial charge in [-0.3, -0.25) is 9.10 Å². The molecule has 0 aromatic heterocycles. The lowest BCUT2D eigenvalue weighted by molar-refractivity contribution is -0.122. The van der Waals surface area contributed by atoms with Crippen LogP contribution in [-0.2, 0) is 27.7 Å². The van der Waals surface area contributed by atoms with Gasteiger partial charge in [0.2, 0.25) is 15.9 Å². The number of aryl methyl sites for hydroxylation is 3. The average molecular weight is 429 g/mol. The summed E-state index contributed by atoms with van der Waals surface area (Å²) in [6.07, 6.45) is 6.52. The van der Waals surface area contributed by atoms with E-state index >= 15 is 0 Å². The van der Waals surface area contributed by atoms with Crippen molar-refractivity contribution >= 4 is 21.6 Å². The van der Waals surface area contributed by atoms with Gasteiger partial charge in [0.05, 0.1) is 18.0 Å². The highest BCUT2D eigenvalue weighted by Crippen LogP contribution is 2.27. The number of fused-ring (bicyclic) bond motifs is 1. The molecule has 162 valence electrons. The molecule has 0 fully saturated rings. The first kappa shape index (κ1) is 22.3.